The van der Waals surface area contributed by atoms with Crippen LogP contribution in [-0.4, -0.2) is 37.8 Å². The zero-order valence-corrected chi connectivity index (χ0v) is 12.4. The van der Waals surface area contributed by atoms with Crippen molar-refractivity contribution in [1.82, 2.24) is 10.3 Å². The molecule has 1 aromatic carbocycles. The highest BCUT2D eigenvalue weighted by molar-refractivity contribution is 5.96. The predicted octanol–water partition coefficient (Wildman–Crippen LogP) is 2.43. The summed E-state index contributed by atoms with van der Waals surface area (Å²) < 4.78 is 5.48. The van der Waals surface area contributed by atoms with E-state index in [1.807, 2.05) is 24.4 Å². The lowest BCUT2D eigenvalue weighted by Crippen LogP contribution is -2.40. The van der Waals surface area contributed by atoms with Crippen LogP contribution in [-0.2, 0) is 0 Å². The summed E-state index contributed by atoms with van der Waals surface area (Å²) in [6, 6.07) is 8.88. The standard InChI is InChI=1S/C17H21N3O/c1-21-16-6-2-5-14-13(16)7-9-19-17(14)20-10-12-4-3-8-18-15(12)11-20/h2,5-7,9,12,15,18H,3-4,8,10-11H2,1H3/t12-,15+/m0/s1. The van der Waals surface area contributed by atoms with E-state index in [9.17, 15) is 0 Å². The Balaban J connectivity index is 1.74. The number of methoxy groups -OCH3 is 1. The molecule has 2 fully saturated rings. The maximum atomic E-state index is 5.48. The third-order valence-corrected chi connectivity index (χ3v) is 4.86. The fraction of sp³-hybridized carbons (Fsp3) is 0.471. The molecule has 110 valence electrons. The van der Waals surface area contributed by atoms with E-state index in [1.165, 1.54) is 18.2 Å². The Labute approximate surface area is 125 Å². The molecule has 1 aromatic heterocycles. The molecular formula is C17H21N3O. The summed E-state index contributed by atoms with van der Waals surface area (Å²) in [4.78, 5) is 7.10. The molecule has 2 atom stereocenters. The average Bonchev–Trinajstić information content (AvgIpc) is 2.97. The third-order valence-electron chi connectivity index (χ3n) is 4.86. The van der Waals surface area contributed by atoms with Gasteiger partial charge in [-0.25, -0.2) is 4.98 Å². The number of aromatic nitrogens is 1. The van der Waals surface area contributed by atoms with Crippen molar-refractivity contribution in [2.75, 3.05) is 31.6 Å². The summed E-state index contributed by atoms with van der Waals surface area (Å²) in [5.41, 5.74) is 0. The highest BCUT2D eigenvalue weighted by Gasteiger charge is 2.35. The fourth-order valence-corrected chi connectivity index (χ4v) is 3.81. The Hall–Kier alpha value is -1.81. The second-order valence-corrected chi connectivity index (χ2v) is 6.06. The molecule has 0 saturated carbocycles. The fourth-order valence-electron chi connectivity index (χ4n) is 3.81. The minimum Gasteiger partial charge on any atom is -0.496 e. The zero-order chi connectivity index (χ0) is 14.2. The van der Waals surface area contributed by atoms with Crippen molar-refractivity contribution >= 4 is 16.6 Å². The molecule has 3 heterocycles. The first kappa shape index (κ1) is 12.9. The Morgan fingerprint density at radius 1 is 1.24 bits per heavy atom. The maximum Gasteiger partial charge on any atom is 0.136 e. The van der Waals surface area contributed by atoms with Crippen molar-refractivity contribution < 1.29 is 4.74 Å². The smallest absolute Gasteiger partial charge is 0.136 e. The molecule has 0 amide bonds. The summed E-state index contributed by atoms with van der Waals surface area (Å²) in [6.45, 7) is 3.33. The number of hydrogen-bond donors (Lipinski definition) is 1. The van der Waals surface area contributed by atoms with Crippen LogP contribution in [0, 0.1) is 5.92 Å². The van der Waals surface area contributed by atoms with Gasteiger partial charge in [0.15, 0.2) is 0 Å². The van der Waals surface area contributed by atoms with E-state index in [-0.39, 0.29) is 0 Å². The van der Waals surface area contributed by atoms with Crippen molar-refractivity contribution in [1.29, 1.82) is 0 Å². The Bertz CT molecular complexity index is 644. The van der Waals surface area contributed by atoms with Crippen molar-refractivity contribution in [2.45, 2.75) is 18.9 Å². The van der Waals surface area contributed by atoms with Crippen molar-refractivity contribution in [3.8, 4) is 5.75 Å². The predicted molar refractivity (Wildman–Crippen MR) is 85.0 cm³/mol. The number of nitrogens with one attached hydrogen (secondary N) is 1. The van der Waals surface area contributed by atoms with E-state index < -0.39 is 0 Å². The number of anilines is 1. The number of fused-ring (bicyclic) bond motifs is 2. The Kier molecular flexibility index (Phi) is 3.19. The highest BCUT2D eigenvalue weighted by Crippen LogP contribution is 2.34. The van der Waals surface area contributed by atoms with Gasteiger partial charge in [-0.1, -0.05) is 12.1 Å². The largest absolute Gasteiger partial charge is 0.496 e. The third kappa shape index (κ3) is 2.14. The number of piperidine rings is 1. The number of rotatable bonds is 2. The molecule has 0 aliphatic carbocycles. The molecule has 2 aliphatic rings. The molecule has 1 N–H and O–H groups in total. The summed E-state index contributed by atoms with van der Waals surface area (Å²) in [7, 11) is 1.73. The van der Waals surface area contributed by atoms with Gasteiger partial charge in [-0.2, -0.15) is 0 Å². The second kappa shape index (κ2) is 5.19. The maximum absolute atomic E-state index is 5.48. The van der Waals surface area contributed by atoms with E-state index in [1.54, 1.807) is 7.11 Å². The van der Waals surface area contributed by atoms with Crippen LogP contribution in [0.15, 0.2) is 30.5 Å². The van der Waals surface area contributed by atoms with Crippen LogP contribution in [0.25, 0.3) is 10.8 Å². The number of pyridine rings is 1. The van der Waals surface area contributed by atoms with Gasteiger partial charge < -0.3 is 15.0 Å². The lowest BCUT2D eigenvalue weighted by molar-refractivity contribution is 0.340. The van der Waals surface area contributed by atoms with E-state index in [4.69, 9.17) is 4.74 Å². The van der Waals surface area contributed by atoms with Gasteiger partial charge >= 0.3 is 0 Å². The van der Waals surface area contributed by atoms with E-state index in [0.29, 0.717) is 6.04 Å². The van der Waals surface area contributed by atoms with E-state index >= 15 is 0 Å². The average molecular weight is 283 g/mol. The molecule has 0 spiro atoms. The van der Waals surface area contributed by atoms with Gasteiger partial charge in [-0.3, -0.25) is 0 Å². The van der Waals surface area contributed by atoms with E-state index in [2.05, 4.69) is 21.3 Å². The van der Waals surface area contributed by atoms with Crippen LogP contribution < -0.4 is 15.0 Å². The SMILES string of the molecule is COc1cccc2c(N3C[C@@H]4CCCN[C@@H]4C3)nccc12. The normalized spacial score (nSPS) is 25.1. The van der Waals surface area contributed by atoms with Crippen LogP contribution in [0.1, 0.15) is 12.8 Å². The van der Waals surface area contributed by atoms with Crippen molar-refractivity contribution in [3.05, 3.63) is 30.5 Å². The van der Waals surface area contributed by atoms with Crippen LogP contribution in [0.5, 0.6) is 5.75 Å². The van der Waals surface area contributed by atoms with Crippen LogP contribution in [0.3, 0.4) is 0 Å². The first-order chi connectivity index (χ1) is 10.4. The van der Waals surface area contributed by atoms with E-state index in [0.717, 1.165) is 42.5 Å². The lowest BCUT2D eigenvalue weighted by atomic mass is 9.94. The monoisotopic (exact) mass is 283 g/mol. The molecule has 2 aromatic rings. The molecule has 4 rings (SSSR count). The van der Waals surface area contributed by atoms with Crippen LogP contribution >= 0.6 is 0 Å². The van der Waals surface area contributed by atoms with Crippen molar-refractivity contribution in [2.24, 2.45) is 5.92 Å². The topological polar surface area (TPSA) is 37.4 Å². The number of nitrogens with zero attached hydrogens (tertiary/aromatic N) is 2. The molecular weight excluding hydrogens is 262 g/mol. The molecule has 0 radical (unpaired) electrons. The Morgan fingerprint density at radius 2 is 2.19 bits per heavy atom. The minimum atomic E-state index is 0.626. The number of benzene rings is 1. The molecule has 0 bridgehead atoms. The van der Waals surface area contributed by atoms with Gasteiger partial charge in [0.05, 0.1) is 7.11 Å². The molecule has 4 heteroatoms. The Morgan fingerprint density at radius 3 is 3.05 bits per heavy atom. The molecule has 2 saturated heterocycles. The van der Waals surface area contributed by atoms with Crippen molar-refractivity contribution in [3.63, 3.8) is 0 Å². The second-order valence-electron chi connectivity index (χ2n) is 6.06. The van der Waals surface area contributed by atoms with Gasteiger partial charge in [-0.15, -0.1) is 0 Å². The summed E-state index contributed by atoms with van der Waals surface area (Å²) in [5.74, 6) is 2.79. The molecule has 0 unspecified atom stereocenters. The lowest BCUT2D eigenvalue weighted by Gasteiger charge is -2.24. The van der Waals surface area contributed by atoms with Gasteiger partial charge in [0.1, 0.15) is 11.6 Å². The van der Waals surface area contributed by atoms with Gasteiger partial charge in [0, 0.05) is 36.1 Å². The summed E-state index contributed by atoms with van der Waals surface area (Å²) >= 11 is 0. The number of ether oxygens (including phenoxy) is 1. The van der Waals surface area contributed by atoms with Crippen LogP contribution in [0.2, 0.25) is 0 Å². The molecule has 2 aliphatic heterocycles. The molecule has 4 nitrogen and oxygen atoms in total. The quantitative estimate of drug-likeness (QED) is 0.918. The molecule has 21 heavy (non-hydrogen) atoms. The zero-order valence-electron chi connectivity index (χ0n) is 12.4. The van der Waals surface area contributed by atoms with Gasteiger partial charge in [-0.05, 0) is 37.4 Å². The van der Waals surface area contributed by atoms with Gasteiger partial charge in [0.2, 0.25) is 0 Å². The first-order valence-electron chi connectivity index (χ1n) is 7.77. The van der Waals surface area contributed by atoms with Crippen LogP contribution in [0.4, 0.5) is 5.82 Å². The summed E-state index contributed by atoms with van der Waals surface area (Å²) in [6.07, 6.45) is 4.53. The minimum absolute atomic E-state index is 0.626. The summed E-state index contributed by atoms with van der Waals surface area (Å²) in [5, 5.41) is 5.99. The first-order valence-corrected chi connectivity index (χ1v) is 7.77. The highest BCUT2D eigenvalue weighted by atomic mass is 16.5. The number of hydrogen-bond acceptors (Lipinski definition) is 4. The van der Waals surface area contributed by atoms with Gasteiger partial charge in [0.25, 0.3) is 0 Å².